The highest BCUT2D eigenvalue weighted by Crippen LogP contribution is 2.47. The van der Waals surface area contributed by atoms with Crippen molar-refractivity contribution >= 4 is 24.4 Å². The fourth-order valence-corrected chi connectivity index (χ4v) is 5.37. The van der Waals surface area contributed by atoms with Gasteiger partial charge in [0.05, 0.1) is 19.2 Å². The van der Waals surface area contributed by atoms with Crippen LogP contribution in [0.25, 0.3) is 10.9 Å². The van der Waals surface area contributed by atoms with Crippen molar-refractivity contribution in [1.29, 1.82) is 0 Å². The number of benzene rings is 2. The van der Waals surface area contributed by atoms with Crippen LogP contribution in [-0.2, 0) is 31.4 Å². The van der Waals surface area contributed by atoms with Crippen LogP contribution in [0.1, 0.15) is 42.0 Å². The van der Waals surface area contributed by atoms with Gasteiger partial charge in [-0.1, -0.05) is 30.3 Å². The number of primary amides is 1. The first kappa shape index (κ1) is 23.6. The maximum absolute atomic E-state index is 12.2. The highest BCUT2D eigenvalue weighted by Gasteiger charge is 2.32. The van der Waals surface area contributed by atoms with Crippen LogP contribution in [-0.4, -0.2) is 37.5 Å². The normalized spacial score (nSPS) is 14.0. The van der Waals surface area contributed by atoms with Crippen molar-refractivity contribution in [2.24, 2.45) is 5.73 Å². The lowest BCUT2D eigenvalue weighted by atomic mass is 10.0. The van der Waals surface area contributed by atoms with Crippen LogP contribution in [0.15, 0.2) is 48.5 Å². The minimum Gasteiger partial charge on any atom is -0.494 e. The van der Waals surface area contributed by atoms with Gasteiger partial charge in [0.1, 0.15) is 5.75 Å². The summed E-state index contributed by atoms with van der Waals surface area (Å²) in [7, 11) is -0.269. The molecule has 33 heavy (non-hydrogen) atoms. The molecule has 0 aliphatic heterocycles. The van der Waals surface area contributed by atoms with Crippen molar-refractivity contribution in [2.75, 3.05) is 27.0 Å². The van der Waals surface area contributed by atoms with E-state index >= 15 is 0 Å². The third-order valence-electron chi connectivity index (χ3n) is 6.08. The first-order chi connectivity index (χ1) is 15.9. The third-order valence-corrected chi connectivity index (χ3v) is 8.06. The Hall–Kier alpha value is -2.60. The minimum atomic E-state index is -3.04. The zero-order valence-corrected chi connectivity index (χ0v) is 20.1. The number of amides is 1. The van der Waals surface area contributed by atoms with E-state index < -0.39 is 7.60 Å². The predicted octanol–water partition coefficient (Wildman–Crippen LogP) is 4.85. The second kappa shape index (κ2) is 10.1. The monoisotopic (exact) mass is 470 g/mol. The molecule has 1 saturated carbocycles. The summed E-state index contributed by atoms with van der Waals surface area (Å²) in [5.41, 5.74) is 10.1. The van der Waals surface area contributed by atoms with E-state index in [0.717, 1.165) is 35.9 Å². The van der Waals surface area contributed by atoms with Crippen LogP contribution in [0.5, 0.6) is 5.75 Å². The molecule has 0 saturated heterocycles. The molecular formula is C25H31N2O5P. The van der Waals surface area contributed by atoms with Gasteiger partial charge < -0.3 is 24.1 Å². The molecule has 0 atom stereocenters. The summed E-state index contributed by atoms with van der Waals surface area (Å²) in [4.78, 5) is 12.0. The van der Waals surface area contributed by atoms with Crippen LogP contribution >= 0.6 is 7.60 Å². The lowest BCUT2D eigenvalue weighted by Gasteiger charge is -2.13. The Morgan fingerprint density at radius 1 is 1.12 bits per heavy atom. The smallest absolute Gasteiger partial charge is 0.330 e. The number of carbonyl (C=O) groups is 1. The Labute approximate surface area is 194 Å². The fourth-order valence-electron chi connectivity index (χ4n) is 4.34. The first-order valence-corrected chi connectivity index (χ1v) is 13.0. The molecule has 7 nitrogen and oxygen atoms in total. The fraction of sp³-hybridized carbons (Fsp3) is 0.400. The van der Waals surface area contributed by atoms with E-state index in [2.05, 4.69) is 22.8 Å². The maximum Gasteiger partial charge on any atom is 0.330 e. The molecule has 1 fully saturated rings. The number of nitrogens with two attached hydrogens (primary N) is 1. The van der Waals surface area contributed by atoms with Gasteiger partial charge in [0.25, 0.3) is 0 Å². The first-order valence-electron chi connectivity index (χ1n) is 11.2. The Bertz CT molecular complexity index is 1160. The summed E-state index contributed by atoms with van der Waals surface area (Å²) in [6, 6.07) is 16.3. The van der Waals surface area contributed by atoms with Gasteiger partial charge in [-0.25, -0.2) is 0 Å². The van der Waals surface area contributed by atoms with E-state index in [-0.39, 0.29) is 18.5 Å². The zero-order chi connectivity index (χ0) is 23.4. The van der Waals surface area contributed by atoms with Gasteiger partial charge in [-0.3, -0.25) is 9.36 Å². The van der Waals surface area contributed by atoms with Gasteiger partial charge in [-0.15, -0.1) is 0 Å². The van der Waals surface area contributed by atoms with Crippen molar-refractivity contribution < 1.29 is 23.1 Å². The number of carbonyl (C=O) groups excluding carboxylic acids is 1. The highest BCUT2D eigenvalue weighted by molar-refractivity contribution is 7.53. The van der Waals surface area contributed by atoms with Crippen molar-refractivity contribution in [2.45, 2.75) is 38.1 Å². The van der Waals surface area contributed by atoms with E-state index in [0.29, 0.717) is 24.7 Å². The molecule has 0 unspecified atom stereocenters. The Morgan fingerprint density at radius 3 is 2.48 bits per heavy atom. The number of fused-ring (bicyclic) bond motifs is 1. The molecule has 1 aliphatic carbocycles. The average molecular weight is 471 g/mol. The van der Waals surface area contributed by atoms with Crippen LogP contribution in [0, 0.1) is 0 Å². The average Bonchev–Trinajstić information content (AvgIpc) is 3.62. The van der Waals surface area contributed by atoms with E-state index in [9.17, 15) is 9.36 Å². The second-order valence-electron chi connectivity index (χ2n) is 8.43. The standard InChI is InChI=1S/C25H31N2O5P/c1-30-33(29,31-2)14-6-13-32-20-11-12-23-21(15-20)22(16-24(26)28)25(19-9-10-19)27(23)17-18-7-4-3-5-8-18/h3-5,7-8,11-12,15,19H,6,9-10,13-14,16-17H2,1-2H3,(H2,26,28). The van der Waals surface area contributed by atoms with Gasteiger partial charge in [0.15, 0.2) is 0 Å². The molecule has 0 bridgehead atoms. The topological polar surface area (TPSA) is 92.8 Å². The van der Waals surface area contributed by atoms with Crippen molar-refractivity contribution in [3.8, 4) is 5.75 Å². The van der Waals surface area contributed by atoms with Crippen LogP contribution in [0.3, 0.4) is 0 Å². The molecule has 1 aromatic heterocycles. The SMILES string of the molecule is COP(=O)(CCCOc1ccc2c(c1)c(CC(N)=O)c(C1CC1)n2Cc1ccccc1)OC. The molecule has 8 heteroatoms. The van der Waals surface area contributed by atoms with Crippen LogP contribution in [0.4, 0.5) is 0 Å². The van der Waals surface area contributed by atoms with E-state index in [1.54, 1.807) is 0 Å². The predicted molar refractivity (Wildman–Crippen MR) is 129 cm³/mol. The quantitative estimate of drug-likeness (QED) is 0.302. The molecule has 0 radical (unpaired) electrons. The lowest BCUT2D eigenvalue weighted by molar-refractivity contribution is -0.117. The van der Waals surface area contributed by atoms with Crippen molar-refractivity contribution in [3.63, 3.8) is 0 Å². The molecule has 2 N–H and O–H groups in total. The summed E-state index contributed by atoms with van der Waals surface area (Å²) >= 11 is 0. The molecule has 1 heterocycles. The van der Waals surface area contributed by atoms with Gasteiger partial charge in [-0.05, 0) is 54.5 Å². The van der Waals surface area contributed by atoms with Crippen LogP contribution in [0.2, 0.25) is 0 Å². The lowest BCUT2D eigenvalue weighted by Crippen LogP contribution is -2.15. The molecule has 1 amide bonds. The summed E-state index contributed by atoms with van der Waals surface area (Å²) in [6.07, 6.45) is 3.28. The number of hydrogen-bond donors (Lipinski definition) is 1. The molecule has 3 aromatic rings. The van der Waals surface area contributed by atoms with E-state index in [4.69, 9.17) is 19.5 Å². The minimum absolute atomic E-state index is 0.207. The maximum atomic E-state index is 12.2. The number of hydrogen-bond acceptors (Lipinski definition) is 5. The number of nitrogens with zero attached hydrogens (tertiary/aromatic N) is 1. The van der Waals surface area contributed by atoms with Crippen molar-refractivity contribution in [1.82, 2.24) is 4.57 Å². The molecule has 0 spiro atoms. The van der Waals surface area contributed by atoms with Crippen LogP contribution < -0.4 is 10.5 Å². The zero-order valence-electron chi connectivity index (χ0n) is 19.2. The van der Waals surface area contributed by atoms with Gasteiger partial charge in [0, 0.05) is 37.4 Å². The Balaban J connectivity index is 1.64. The summed E-state index contributed by atoms with van der Waals surface area (Å²) in [5, 5.41) is 1.00. The molecular weight excluding hydrogens is 439 g/mol. The number of aromatic nitrogens is 1. The van der Waals surface area contributed by atoms with Gasteiger partial charge in [-0.2, -0.15) is 0 Å². The van der Waals surface area contributed by atoms with Gasteiger partial charge >= 0.3 is 7.60 Å². The number of ether oxygens (including phenoxy) is 1. The van der Waals surface area contributed by atoms with Crippen molar-refractivity contribution in [3.05, 3.63) is 65.4 Å². The third kappa shape index (κ3) is 5.49. The Kier molecular flexibility index (Phi) is 7.23. The summed E-state index contributed by atoms with van der Waals surface area (Å²) in [6.45, 7) is 1.12. The molecule has 4 rings (SSSR count). The van der Waals surface area contributed by atoms with E-state index in [1.165, 1.54) is 25.5 Å². The summed E-state index contributed by atoms with van der Waals surface area (Å²) in [5.74, 6) is 0.825. The molecule has 176 valence electrons. The summed E-state index contributed by atoms with van der Waals surface area (Å²) < 4.78 is 30.4. The molecule has 2 aromatic carbocycles. The highest BCUT2D eigenvalue weighted by atomic mass is 31.2. The molecule has 1 aliphatic rings. The number of rotatable bonds is 12. The van der Waals surface area contributed by atoms with E-state index in [1.807, 2.05) is 30.3 Å². The van der Waals surface area contributed by atoms with Gasteiger partial charge in [0.2, 0.25) is 5.91 Å². The Morgan fingerprint density at radius 2 is 1.85 bits per heavy atom. The second-order valence-corrected chi connectivity index (χ2v) is 10.8. The largest absolute Gasteiger partial charge is 0.494 e.